The molecule has 2 nitrogen and oxygen atoms in total. The van der Waals surface area contributed by atoms with Crippen LogP contribution in [0.3, 0.4) is 0 Å². The van der Waals surface area contributed by atoms with Gasteiger partial charge in [-0.1, -0.05) is 17.7 Å². The van der Waals surface area contributed by atoms with Crippen molar-refractivity contribution in [2.24, 2.45) is 0 Å². The van der Waals surface area contributed by atoms with E-state index in [1.807, 2.05) is 31.2 Å². The largest absolute Gasteiger partial charge is 0.326 e. The van der Waals surface area contributed by atoms with Crippen LogP contribution >= 0.6 is 0 Å². The highest BCUT2D eigenvalue weighted by atomic mass is 16.1. The summed E-state index contributed by atoms with van der Waals surface area (Å²) in [6.45, 7) is 3.51. The summed E-state index contributed by atoms with van der Waals surface area (Å²) in [6, 6.07) is 7.70. The summed E-state index contributed by atoms with van der Waals surface area (Å²) in [4.78, 5) is 10.6. The summed E-state index contributed by atoms with van der Waals surface area (Å²) in [5.41, 5.74) is 2.04. The molecule has 0 aliphatic carbocycles. The lowest BCUT2D eigenvalue weighted by Crippen LogP contribution is -2.05. The molecule has 1 aromatic rings. The molecule has 1 N–H and O–H groups in total. The minimum atomic E-state index is -0.0335. The fraction of sp³-hybridized carbons (Fsp3) is 0.222. The molecule has 0 radical (unpaired) electrons. The maximum Gasteiger partial charge on any atom is 0.221 e. The van der Waals surface area contributed by atoms with Crippen molar-refractivity contribution in [3.63, 3.8) is 0 Å². The van der Waals surface area contributed by atoms with Gasteiger partial charge in [0.2, 0.25) is 5.91 Å². The highest BCUT2D eigenvalue weighted by Crippen LogP contribution is 2.07. The first-order chi connectivity index (χ1) is 5.18. The smallest absolute Gasteiger partial charge is 0.221 e. The van der Waals surface area contributed by atoms with Crippen molar-refractivity contribution in [2.75, 3.05) is 5.32 Å². The van der Waals surface area contributed by atoms with E-state index in [0.717, 1.165) is 5.69 Å². The molecular weight excluding hydrogens is 137 g/mol. The number of carbonyl (C=O) groups is 1. The zero-order chi connectivity index (χ0) is 8.27. The Bertz CT molecular complexity index is 251. The quantitative estimate of drug-likeness (QED) is 0.648. The molecule has 0 aliphatic heterocycles. The summed E-state index contributed by atoms with van der Waals surface area (Å²) in [5.74, 6) is -0.0335. The highest BCUT2D eigenvalue weighted by Gasteiger charge is 1.92. The van der Waals surface area contributed by atoms with E-state index in [9.17, 15) is 4.79 Å². The van der Waals surface area contributed by atoms with Gasteiger partial charge in [0.05, 0.1) is 0 Å². The Kier molecular flexibility index (Phi) is 2.26. The number of aryl methyl sites for hydroxylation is 1. The van der Waals surface area contributed by atoms with Crippen molar-refractivity contribution >= 4 is 11.6 Å². The van der Waals surface area contributed by atoms with Crippen molar-refractivity contribution in [2.45, 2.75) is 13.8 Å². The molecule has 2 heteroatoms. The zero-order valence-electron chi connectivity index (χ0n) is 6.72. The van der Waals surface area contributed by atoms with Crippen molar-refractivity contribution in [3.05, 3.63) is 29.8 Å². The van der Waals surface area contributed by atoms with E-state index >= 15 is 0 Å². The van der Waals surface area contributed by atoms with E-state index in [-0.39, 0.29) is 5.91 Å². The minimum absolute atomic E-state index is 0.0335. The molecule has 0 saturated carbocycles. The molecular formula is C9H11NO. The molecule has 0 unspecified atom stereocenters. The second-order valence-corrected chi connectivity index (χ2v) is 2.55. The Balaban J connectivity index is 2.74. The molecule has 1 amide bonds. The molecule has 11 heavy (non-hydrogen) atoms. The topological polar surface area (TPSA) is 29.1 Å². The molecule has 1 rings (SSSR count). The fourth-order valence-corrected chi connectivity index (χ4v) is 0.840. The minimum Gasteiger partial charge on any atom is -0.326 e. The Morgan fingerprint density at radius 2 is 1.82 bits per heavy atom. The standard InChI is InChI=1S/C9H11NO/c1-7-3-5-9(6-4-7)10-8(2)11/h3-6H,1-2H3,(H,10,11)/i2-1. The average molecular weight is 148 g/mol. The number of benzene rings is 1. The van der Waals surface area contributed by atoms with Gasteiger partial charge < -0.3 is 5.32 Å². The van der Waals surface area contributed by atoms with Crippen LogP contribution in [0, 0.1) is 6.92 Å². The van der Waals surface area contributed by atoms with Crippen LogP contribution in [0.4, 0.5) is 5.69 Å². The van der Waals surface area contributed by atoms with Crippen LogP contribution in [0.1, 0.15) is 12.5 Å². The monoisotopic (exact) mass is 148 g/mol. The van der Waals surface area contributed by atoms with Crippen LogP contribution in [-0.2, 0) is 4.79 Å². The number of nitrogens with one attached hydrogen (secondary N) is 1. The highest BCUT2D eigenvalue weighted by molar-refractivity contribution is 5.88. The number of rotatable bonds is 1. The van der Waals surface area contributed by atoms with Gasteiger partial charge in [0.1, 0.15) is 0 Å². The summed E-state index contributed by atoms with van der Waals surface area (Å²) in [6.07, 6.45) is 0. The predicted molar refractivity (Wildman–Crippen MR) is 45.5 cm³/mol. The first-order valence-electron chi connectivity index (χ1n) is 3.53. The van der Waals surface area contributed by atoms with Gasteiger partial charge >= 0.3 is 0 Å². The Labute approximate surface area is 66.2 Å². The van der Waals surface area contributed by atoms with Gasteiger partial charge in [-0.05, 0) is 19.1 Å². The SMILES string of the molecule is Cc1ccc(NC([11CH3])=O)cc1. The molecule has 0 atom stereocenters. The Morgan fingerprint density at radius 1 is 1.27 bits per heavy atom. The number of hydrogen-bond donors (Lipinski definition) is 1. The van der Waals surface area contributed by atoms with E-state index in [2.05, 4.69) is 5.32 Å². The van der Waals surface area contributed by atoms with Crippen LogP contribution in [0.2, 0.25) is 0 Å². The fourth-order valence-electron chi connectivity index (χ4n) is 0.840. The second-order valence-electron chi connectivity index (χ2n) is 2.55. The maximum absolute atomic E-state index is 10.6. The van der Waals surface area contributed by atoms with Crippen molar-refractivity contribution < 1.29 is 4.79 Å². The summed E-state index contributed by atoms with van der Waals surface area (Å²) in [7, 11) is 0. The number of carbonyl (C=O) groups excluding carboxylic acids is 1. The van der Waals surface area contributed by atoms with Crippen LogP contribution in [0.25, 0.3) is 0 Å². The van der Waals surface area contributed by atoms with Crippen LogP contribution in [0.15, 0.2) is 24.3 Å². The number of amides is 1. The lowest BCUT2D eigenvalue weighted by atomic mass is 10.2. The average Bonchev–Trinajstić information content (AvgIpc) is 1.93. The van der Waals surface area contributed by atoms with Crippen molar-refractivity contribution in [3.8, 4) is 0 Å². The van der Waals surface area contributed by atoms with E-state index in [1.165, 1.54) is 12.5 Å². The van der Waals surface area contributed by atoms with Crippen LogP contribution in [0.5, 0.6) is 0 Å². The Hall–Kier alpha value is -1.31. The third kappa shape index (κ3) is 2.42. The van der Waals surface area contributed by atoms with Gasteiger partial charge in [-0.3, -0.25) is 4.79 Å². The zero-order valence-corrected chi connectivity index (χ0v) is 6.72. The Morgan fingerprint density at radius 3 is 2.27 bits per heavy atom. The molecule has 0 aromatic heterocycles. The summed E-state index contributed by atoms with van der Waals surface area (Å²) in [5, 5.41) is 2.69. The number of anilines is 1. The third-order valence-electron chi connectivity index (χ3n) is 1.37. The predicted octanol–water partition coefficient (Wildman–Crippen LogP) is 1.95. The van der Waals surface area contributed by atoms with Gasteiger partial charge in [-0.25, -0.2) is 0 Å². The van der Waals surface area contributed by atoms with Crippen molar-refractivity contribution in [1.82, 2.24) is 0 Å². The first kappa shape index (κ1) is 7.79. The summed E-state index contributed by atoms with van der Waals surface area (Å²) < 4.78 is 0. The lowest BCUT2D eigenvalue weighted by Gasteiger charge is -2.00. The van der Waals surface area contributed by atoms with E-state index < -0.39 is 0 Å². The van der Waals surface area contributed by atoms with Gasteiger partial charge in [0.25, 0.3) is 0 Å². The summed E-state index contributed by atoms with van der Waals surface area (Å²) >= 11 is 0. The molecule has 0 saturated heterocycles. The van der Waals surface area contributed by atoms with Gasteiger partial charge in [-0.15, -0.1) is 0 Å². The molecule has 1 aromatic carbocycles. The number of hydrogen-bond acceptors (Lipinski definition) is 1. The van der Waals surface area contributed by atoms with E-state index in [0.29, 0.717) is 0 Å². The molecule has 0 spiro atoms. The lowest BCUT2D eigenvalue weighted by molar-refractivity contribution is -0.114. The molecule has 0 fully saturated rings. The molecule has 0 aliphatic rings. The molecule has 0 bridgehead atoms. The normalized spacial score (nSPS) is 9.27. The van der Waals surface area contributed by atoms with Crippen LogP contribution < -0.4 is 5.32 Å². The third-order valence-corrected chi connectivity index (χ3v) is 1.37. The van der Waals surface area contributed by atoms with Crippen LogP contribution in [-0.4, -0.2) is 5.91 Å². The first-order valence-corrected chi connectivity index (χ1v) is 3.53. The molecule has 58 valence electrons. The van der Waals surface area contributed by atoms with E-state index in [4.69, 9.17) is 0 Å². The van der Waals surface area contributed by atoms with E-state index in [1.54, 1.807) is 0 Å². The van der Waals surface area contributed by atoms with Crippen molar-refractivity contribution in [1.29, 1.82) is 0 Å². The second kappa shape index (κ2) is 3.19. The molecule has 0 heterocycles. The maximum atomic E-state index is 10.6. The van der Waals surface area contributed by atoms with Gasteiger partial charge in [-0.2, -0.15) is 0 Å². The van der Waals surface area contributed by atoms with Gasteiger partial charge in [0.15, 0.2) is 0 Å². The van der Waals surface area contributed by atoms with Gasteiger partial charge in [0, 0.05) is 12.6 Å².